The van der Waals surface area contributed by atoms with E-state index in [2.05, 4.69) is 21.9 Å². The van der Waals surface area contributed by atoms with Gasteiger partial charge in [-0.05, 0) is 24.8 Å². The Kier molecular flexibility index (Phi) is 4.40. The van der Waals surface area contributed by atoms with E-state index in [-0.39, 0.29) is 0 Å². The number of nitrogens with zero attached hydrogens (tertiary/aromatic N) is 2. The summed E-state index contributed by atoms with van der Waals surface area (Å²) >= 11 is 6.36. The molecule has 0 heterocycles. The predicted molar refractivity (Wildman–Crippen MR) is 66.7 cm³/mol. The van der Waals surface area contributed by atoms with E-state index in [4.69, 9.17) is 11.6 Å². The van der Waals surface area contributed by atoms with Gasteiger partial charge < -0.3 is 4.90 Å². The van der Waals surface area contributed by atoms with Crippen molar-refractivity contribution >= 4 is 17.8 Å². The molecule has 1 aliphatic carbocycles. The van der Waals surface area contributed by atoms with Crippen LogP contribution in [0.15, 0.2) is 22.4 Å². The molecule has 3 heteroatoms. The summed E-state index contributed by atoms with van der Waals surface area (Å²) in [5.41, 5.74) is 2.50. The average Bonchev–Trinajstić information content (AvgIpc) is 2.10. The van der Waals surface area contributed by atoms with E-state index in [1.807, 2.05) is 28.2 Å². The fourth-order valence-electron chi connectivity index (χ4n) is 1.76. The fraction of sp³-hybridized carbons (Fsp3) is 0.583. The molecule has 0 amide bonds. The van der Waals surface area contributed by atoms with Crippen LogP contribution in [-0.4, -0.2) is 43.9 Å². The molecule has 84 valence electrons. The standard InChI is InChI=1S/C12H20ClN2/c1-14(2)8-10-6-5-7-11(12(10)13)9-15(3)4/h8-9H,5-7H2,1-4H3/q+1. The third kappa shape index (κ3) is 3.71. The summed E-state index contributed by atoms with van der Waals surface area (Å²) in [6.07, 6.45) is 7.59. The van der Waals surface area contributed by atoms with Crippen LogP contribution >= 0.6 is 11.6 Å². The Hall–Kier alpha value is -0.760. The van der Waals surface area contributed by atoms with Crippen LogP contribution in [0, 0.1) is 0 Å². The quantitative estimate of drug-likeness (QED) is 0.519. The number of rotatable bonds is 2. The second-order valence-electron chi connectivity index (χ2n) is 4.40. The Bertz CT molecular complexity index is 321. The van der Waals surface area contributed by atoms with Crippen LogP contribution in [0.25, 0.3) is 0 Å². The Morgan fingerprint density at radius 3 is 2.47 bits per heavy atom. The Morgan fingerprint density at radius 2 is 1.93 bits per heavy atom. The van der Waals surface area contributed by atoms with Gasteiger partial charge in [-0.25, -0.2) is 4.58 Å². The third-order valence-corrected chi connectivity index (χ3v) is 2.77. The summed E-state index contributed by atoms with van der Waals surface area (Å²) in [5.74, 6) is 0. The molecular formula is C12H20ClN2+. The smallest absolute Gasteiger partial charge is 0.167 e. The molecule has 0 N–H and O–H groups in total. The molecule has 0 saturated heterocycles. The third-order valence-electron chi connectivity index (χ3n) is 2.28. The van der Waals surface area contributed by atoms with Crippen LogP contribution in [0.2, 0.25) is 0 Å². The normalized spacial score (nSPS) is 19.4. The highest BCUT2D eigenvalue weighted by Crippen LogP contribution is 2.31. The zero-order chi connectivity index (χ0) is 11.4. The minimum Gasteiger partial charge on any atom is -0.383 e. The van der Waals surface area contributed by atoms with Gasteiger partial charge in [0.15, 0.2) is 6.21 Å². The van der Waals surface area contributed by atoms with Crippen LogP contribution in [-0.2, 0) is 0 Å². The van der Waals surface area contributed by atoms with E-state index in [1.165, 1.54) is 17.6 Å². The van der Waals surface area contributed by atoms with Crippen molar-refractivity contribution in [1.29, 1.82) is 0 Å². The first-order valence-corrected chi connectivity index (χ1v) is 5.66. The van der Waals surface area contributed by atoms with Crippen molar-refractivity contribution in [3.8, 4) is 0 Å². The first-order chi connectivity index (χ1) is 7.00. The van der Waals surface area contributed by atoms with E-state index < -0.39 is 0 Å². The van der Waals surface area contributed by atoms with Crippen molar-refractivity contribution in [2.75, 3.05) is 28.2 Å². The zero-order valence-electron chi connectivity index (χ0n) is 10.0. The molecular weight excluding hydrogens is 208 g/mol. The molecule has 2 nitrogen and oxygen atoms in total. The molecule has 15 heavy (non-hydrogen) atoms. The number of allylic oxidation sites excluding steroid dienone is 3. The monoisotopic (exact) mass is 227 g/mol. The van der Waals surface area contributed by atoms with Crippen LogP contribution in [0.1, 0.15) is 19.3 Å². The maximum absolute atomic E-state index is 6.36. The van der Waals surface area contributed by atoms with Gasteiger partial charge in [0, 0.05) is 25.9 Å². The number of hydrogen-bond acceptors (Lipinski definition) is 1. The van der Waals surface area contributed by atoms with E-state index in [1.54, 1.807) is 0 Å². The SMILES string of the molecule is CN(C)/C=C1\CCCC(C=[N+](C)C)=C1Cl. The fourth-order valence-corrected chi connectivity index (χ4v) is 2.05. The molecule has 0 aromatic heterocycles. The minimum absolute atomic E-state index is 0.934. The van der Waals surface area contributed by atoms with Gasteiger partial charge in [-0.1, -0.05) is 11.6 Å². The molecule has 0 aromatic carbocycles. The summed E-state index contributed by atoms with van der Waals surface area (Å²) in [7, 11) is 8.12. The topological polar surface area (TPSA) is 6.25 Å². The minimum atomic E-state index is 0.934. The van der Waals surface area contributed by atoms with Gasteiger partial charge in [0.2, 0.25) is 0 Å². The van der Waals surface area contributed by atoms with Crippen molar-refractivity contribution in [2.24, 2.45) is 0 Å². The Balaban J connectivity index is 3.00. The van der Waals surface area contributed by atoms with Gasteiger partial charge in [-0.15, -0.1) is 0 Å². The van der Waals surface area contributed by atoms with Gasteiger partial charge in [-0.2, -0.15) is 0 Å². The van der Waals surface area contributed by atoms with Crippen molar-refractivity contribution < 1.29 is 4.58 Å². The largest absolute Gasteiger partial charge is 0.383 e. The highest BCUT2D eigenvalue weighted by molar-refractivity contribution is 6.33. The van der Waals surface area contributed by atoms with E-state index in [0.29, 0.717) is 0 Å². The molecule has 0 aliphatic heterocycles. The lowest BCUT2D eigenvalue weighted by molar-refractivity contribution is -0.459. The molecule has 0 aromatic rings. The highest BCUT2D eigenvalue weighted by atomic mass is 35.5. The maximum atomic E-state index is 6.36. The van der Waals surface area contributed by atoms with Crippen LogP contribution in [0.3, 0.4) is 0 Å². The maximum Gasteiger partial charge on any atom is 0.167 e. The highest BCUT2D eigenvalue weighted by Gasteiger charge is 2.16. The molecule has 1 aliphatic rings. The molecule has 0 unspecified atom stereocenters. The van der Waals surface area contributed by atoms with Crippen LogP contribution in [0.4, 0.5) is 0 Å². The number of hydrogen-bond donors (Lipinski definition) is 0. The first-order valence-electron chi connectivity index (χ1n) is 5.28. The summed E-state index contributed by atoms with van der Waals surface area (Å²) < 4.78 is 2.05. The van der Waals surface area contributed by atoms with Crippen molar-refractivity contribution in [1.82, 2.24) is 4.90 Å². The summed E-state index contributed by atoms with van der Waals surface area (Å²) in [6, 6.07) is 0. The van der Waals surface area contributed by atoms with Crippen LogP contribution in [0.5, 0.6) is 0 Å². The second kappa shape index (κ2) is 5.36. The Labute approximate surface area is 97.5 Å². The average molecular weight is 228 g/mol. The van der Waals surface area contributed by atoms with E-state index >= 15 is 0 Å². The second-order valence-corrected chi connectivity index (χ2v) is 4.78. The molecule has 0 atom stereocenters. The lowest BCUT2D eigenvalue weighted by Gasteiger charge is -2.17. The molecule has 0 radical (unpaired) electrons. The van der Waals surface area contributed by atoms with Gasteiger partial charge in [-0.3, -0.25) is 0 Å². The van der Waals surface area contributed by atoms with Crippen molar-refractivity contribution in [3.05, 3.63) is 22.4 Å². The molecule has 1 rings (SSSR count). The summed E-state index contributed by atoms with van der Waals surface area (Å²) in [6.45, 7) is 0. The first kappa shape index (κ1) is 12.3. The molecule has 0 spiro atoms. The molecule has 0 bridgehead atoms. The van der Waals surface area contributed by atoms with Crippen LogP contribution < -0.4 is 0 Å². The van der Waals surface area contributed by atoms with Crippen molar-refractivity contribution in [2.45, 2.75) is 19.3 Å². The predicted octanol–water partition coefficient (Wildman–Crippen LogP) is 2.45. The van der Waals surface area contributed by atoms with E-state index in [9.17, 15) is 0 Å². The Morgan fingerprint density at radius 1 is 1.27 bits per heavy atom. The van der Waals surface area contributed by atoms with Crippen molar-refractivity contribution in [3.63, 3.8) is 0 Å². The van der Waals surface area contributed by atoms with Gasteiger partial charge in [0.1, 0.15) is 14.1 Å². The van der Waals surface area contributed by atoms with Gasteiger partial charge in [0.25, 0.3) is 0 Å². The molecule has 0 fully saturated rings. The summed E-state index contributed by atoms with van der Waals surface area (Å²) in [5, 5.41) is 0.934. The van der Waals surface area contributed by atoms with Gasteiger partial charge >= 0.3 is 0 Å². The lowest BCUT2D eigenvalue weighted by Crippen LogP contribution is -2.10. The summed E-state index contributed by atoms with van der Waals surface area (Å²) in [4.78, 5) is 2.05. The molecule has 0 saturated carbocycles. The number of halogens is 1. The lowest BCUT2D eigenvalue weighted by atomic mass is 9.96. The zero-order valence-corrected chi connectivity index (χ0v) is 10.8. The van der Waals surface area contributed by atoms with Gasteiger partial charge in [0.05, 0.1) is 5.03 Å². The van der Waals surface area contributed by atoms with E-state index in [0.717, 1.165) is 17.9 Å².